The fourth-order valence-electron chi connectivity index (χ4n) is 2.67. The molecule has 0 bridgehead atoms. The Balaban J connectivity index is 2.33. The first-order valence-corrected chi connectivity index (χ1v) is 9.61. The molecular weight excluding hydrogens is 392 g/mol. The van der Waals surface area contributed by atoms with E-state index in [9.17, 15) is 8.42 Å². The Morgan fingerprint density at radius 1 is 1.17 bits per heavy atom. The summed E-state index contributed by atoms with van der Waals surface area (Å²) in [5.74, 6) is 0.580. The average Bonchev–Trinajstić information content (AvgIpc) is 2.92. The molecule has 5 nitrogen and oxygen atoms in total. The van der Waals surface area contributed by atoms with Gasteiger partial charge in [0.25, 0.3) is 10.0 Å². The summed E-state index contributed by atoms with van der Waals surface area (Å²) in [5.41, 5.74) is 6.09. The van der Waals surface area contributed by atoms with Gasteiger partial charge in [0, 0.05) is 11.5 Å². The zero-order valence-corrected chi connectivity index (χ0v) is 15.8. The number of halogens is 1. The van der Waals surface area contributed by atoms with Crippen molar-refractivity contribution in [3.8, 4) is 5.75 Å². The summed E-state index contributed by atoms with van der Waals surface area (Å²) in [6, 6.07) is 12.3. The molecule has 0 atom stereocenters. The number of benzene rings is 2. The molecule has 7 heteroatoms. The number of aromatic nitrogens is 1. The lowest BCUT2D eigenvalue weighted by Gasteiger charge is -2.11. The van der Waals surface area contributed by atoms with Crippen LogP contribution in [0.25, 0.3) is 10.9 Å². The number of rotatable bonds is 4. The van der Waals surface area contributed by atoms with Gasteiger partial charge in [0.15, 0.2) is 0 Å². The highest BCUT2D eigenvalue weighted by molar-refractivity contribution is 9.10. The minimum Gasteiger partial charge on any atom is -0.495 e. The number of ether oxygens (including phenoxy) is 1. The van der Waals surface area contributed by atoms with Gasteiger partial charge in [-0.05, 0) is 47.1 Å². The standard InChI is InChI=1S/C17H17BrN2O3S/c1-11-3-5-14(6-4-11)24(21,22)20-13(10-19)7-12-8-15(18)17(23-2)9-16(12)20/h3-9H,10,19H2,1-2H3/p+1. The highest BCUT2D eigenvalue weighted by Crippen LogP contribution is 2.34. The molecule has 3 aromatic rings. The quantitative estimate of drug-likeness (QED) is 0.719. The van der Waals surface area contributed by atoms with Gasteiger partial charge in [-0.25, -0.2) is 12.4 Å². The van der Waals surface area contributed by atoms with Crippen molar-refractivity contribution in [2.24, 2.45) is 0 Å². The normalized spacial score (nSPS) is 11.8. The molecule has 24 heavy (non-hydrogen) atoms. The number of aryl methyl sites for hydroxylation is 1. The zero-order valence-electron chi connectivity index (χ0n) is 13.4. The lowest BCUT2D eigenvalue weighted by atomic mass is 10.2. The van der Waals surface area contributed by atoms with E-state index in [0.29, 0.717) is 23.5 Å². The van der Waals surface area contributed by atoms with Crippen LogP contribution in [0.15, 0.2) is 51.8 Å². The first-order valence-electron chi connectivity index (χ1n) is 7.38. The molecule has 0 aliphatic heterocycles. The van der Waals surface area contributed by atoms with E-state index in [1.54, 1.807) is 37.4 Å². The van der Waals surface area contributed by atoms with E-state index in [0.717, 1.165) is 15.4 Å². The van der Waals surface area contributed by atoms with E-state index in [-0.39, 0.29) is 4.90 Å². The topological polar surface area (TPSA) is 75.9 Å². The molecule has 1 aromatic heterocycles. The lowest BCUT2D eigenvalue weighted by molar-refractivity contribution is -0.387. The molecular formula is C17H18BrN2O3S+. The third kappa shape index (κ3) is 2.72. The Hall–Kier alpha value is -1.83. The number of hydrogen-bond donors (Lipinski definition) is 1. The maximum atomic E-state index is 13.2. The van der Waals surface area contributed by atoms with Crippen LogP contribution in [-0.2, 0) is 16.6 Å². The third-order valence-corrected chi connectivity index (χ3v) is 6.32. The van der Waals surface area contributed by atoms with E-state index in [2.05, 4.69) is 21.7 Å². The van der Waals surface area contributed by atoms with Crippen molar-refractivity contribution in [3.63, 3.8) is 0 Å². The summed E-state index contributed by atoms with van der Waals surface area (Å²) in [5, 5.41) is 0.817. The minimum atomic E-state index is -3.71. The number of fused-ring (bicyclic) bond motifs is 1. The average molecular weight is 410 g/mol. The van der Waals surface area contributed by atoms with Gasteiger partial charge in [-0.3, -0.25) is 0 Å². The molecule has 0 aliphatic rings. The Labute approximate surface area is 149 Å². The Morgan fingerprint density at radius 3 is 2.42 bits per heavy atom. The highest BCUT2D eigenvalue weighted by Gasteiger charge is 2.24. The van der Waals surface area contributed by atoms with Gasteiger partial charge < -0.3 is 10.5 Å². The first kappa shape index (κ1) is 17.0. The summed E-state index contributed by atoms with van der Waals surface area (Å²) in [4.78, 5) is 0.252. The molecule has 126 valence electrons. The van der Waals surface area contributed by atoms with E-state index in [1.165, 1.54) is 3.97 Å². The Bertz CT molecular complexity index is 1010. The molecule has 0 saturated heterocycles. The maximum Gasteiger partial charge on any atom is 0.268 e. The second kappa shape index (κ2) is 6.23. The summed E-state index contributed by atoms with van der Waals surface area (Å²) in [6.45, 7) is 2.28. The van der Waals surface area contributed by atoms with Crippen LogP contribution in [0, 0.1) is 6.92 Å². The van der Waals surface area contributed by atoms with Gasteiger partial charge in [0.1, 0.15) is 12.3 Å². The second-order valence-corrected chi connectivity index (χ2v) is 8.15. The first-order chi connectivity index (χ1) is 11.4. The van der Waals surface area contributed by atoms with Crippen molar-refractivity contribution in [2.45, 2.75) is 18.4 Å². The number of methoxy groups -OCH3 is 1. The van der Waals surface area contributed by atoms with Crippen molar-refractivity contribution in [1.82, 2.24) is 3.97 Å². The maximum absolute atomic E-state index is 13.2. The van der Waals surface area contributed by atoms with Crippen molar-refractivity contribution < 1.29 is 18.9 Å². The minimum absolute atomic E-state index is 0.252. The van der Waals surface area contributed by atoms with Gasteiger partial charge in [-0.15, -0.1) is 0 Å². The van der Waals surface area contributed by atoms with Crippen LogP contribution >= 0.6 is 15.9 Å². The number of nitrogens with zero attached hydrogens (tertiary/aromatic N) is 1. The molecule has 0 amide bonds. The molecule has 0 radical (unpaired) electrons. The van der Waals surface area contributed by atoms with Crippen LogP contribution in [0.2, 0.25) is 0 Å². The van der Waals surface area contributed by atoms with Gasteiger partial charge in [-0.2, -0.15) is 0 Å². The second-order valence-electron chi connectivity index (χ2n) is 5.51. The van der Waals surface area contributed by atoms with Crippen LogP contribution in [0.4, 0.5) is 0 Å². The fraction of sp³-hybridized carbons (Fsp3) is 0.176. The highest BCUT2D eigenvalue weighted by atomic mass is 79.9. The summed E-state index contributed by atoms with van der Waals surface area (Å²) >= 11 is 3.44. The van der Waals surface area contributed by atoms with Crippen LogP contribution in [-0.4, -0.2) is 19.5 Å². The van der Waals surface area contributed by atoms with Crippen molar-refractivity contribution in [2.75, 3.05) is 7.11 Å². The molecule has 0 fully saturated rings. The molecule has 0 aliphatic carbocycles. The molecule has 0 spiro atoms. The van der Waals surface area contributed by atoms with E-state index < -0.39 is 10.0 Å². The Kier molecular flexibility index (Phi) is 4.42. The fourth-order valence-corrected chi connectivity index (χ4v) is 4.76. The predicted octanol–water partition coefficient (Wildman–Crippen LogP) is 2.70. The van der Waals surface area contributed by atoms with Crippen molar-refractivity contribution >= 4 is 36.9 Å². The van der Waals surface area contributed by atoms with E-state index in [4.69, 9.17) is 4.74 Å². The van der Waals surface area contributed by atoms with Gasteiger partial charge in [0.2, 0.25) is 0 Å². The molecule has 1 heterocycles. The Morgan fingerprint density at radius 2 is 1.83 bits per heavy atom. The van der Waals surface area contributed by atoms with Crippen molar-refractivity contribution in [3.05, 3.63) is 58.2 Å². The number of hydrogen-bond acceptors (Lipinski definition) is 3. The molecule has 3 rings (SSSR count). The van der Waals surface area contributed by atoms with Crippen LogP contribution in [0.3, 0.4) is 0 Å². The SMILES string of the molecule is COc1cc2c(cc1Br)cc(C[NH3+])n2S(=O)(=O)c1ccc(C)cc1. The zero-order chi connectivity index (χ0) is 17.5. The van der Waals surface area contributed by atoms with Gasteiger partial charge >= 0.3 is 0 Å². The van der Waals surface area contributed by atoms with E-state index in [1.807, 2.05) is 19.1 Å². The van der Waals surface area contributed by atoms with E-state index >= 15 is 0 Å². The number of quaternary nitrogens is 1. The largest absolute Gasteiger partial charge is 0.495 e. The van der Waals surface area contributed by atoms with Crippen LogP contribution in [0.1, 0.15) is 11.3 Å². The molecule has 2 aromatic carbocycles. The van der Waals surface area contributed by atoms with Gasteiger partial charge in [0.05, 0.1) is 27.7 Å². The summed E-state index contributed by atoms with van der Waals surface area (Å²) in [6.07, 6.45) is 0. The smallest absolute Gasteiger partial charge is 0.268 e. The molecule has 0 unspecified atom stereocenters. The molecule has 0 saturated carbocycles. The predicted molar refractivity (Wildman–Crippen MR) is 96.5 cm³/mol. The van der Waals surface area contributed by atoms with Crippen LogP contribution < -0.4 is 10.5 Å². The van der Waals surface area contributed by atoms with Crippen LogP contribution in [0.5, 0.6) is 5.75 Å². The lowest BCUT2D eigenvalue weighted by Crippen LogP contribution is -2.48. The molecule has 3 N–H and O–H groups in total. The van der Waals surface area contributed by atoms with Gasteiger partial charge in [-0.1, -0.05) is 17.7 Å². The summed E-state index contributed by atoms with van der Waals surface area (Å²) < 4.78 is 33.8. The summed E-state index contributed by atoms with van der Waals surface area (Å²) in [7, 11) is -2.16. The third-order valence-electron chi connectivity index (χ3n) is 3.92. The van der Waals surface area contributed by atoms with Crippen molar-refractivity contribution in [1.29, 1.82) is 0 Å². The monoisotopic (exact) mass is 409 g/mol.